The molecule has 3 aromatic rings. The number of nitrogen functional groups attached to an aromatic ring is 1. The van der Waals surface area contributed by atoms with Crippen molar-refractivity contribution in [1.29, 1.82) is 0 Å². The Kier molecular flexibility index (Phi) is 3.00. The van der Waals surface area contributed by atoms with E-state index in [9.17, 15) is 4.39 Å². The number of hydrogen-bond donors (Lipinski definition) is 2. The number of hydrogen-bond acceptors (Lipinski definition) is 4. The number of halogens is 2. The number of nitrogens with two attached hydrogens (primary N) is 1. The molecule has 0 unspecified atom stereocenters. The van der Waals surface area contributed by atoms with Gasteiger partial charge in [0.05, 0.1) is 32.3 Å². The molecule has 0 saturated heterocycles. The van der Waals surface area contributed by atoms with Crippen LogP contribution in [-0.4, -0.2) is 4.98 Å². The largest absolute Gasteiger partial charge is 0.395 e. The maximum Gasteiger partial charge on any atom is 0.165 e. The van der Waals surface area contributed by atoms with Gasteiger partial charge in [-0.15, -0.1) is 11.3 Å². The topological polar surface area (TPSA) is 50.9 Å². The van der Waals surface area contributed by atoms with E-state index in [1.807, 2.05) is 6.07 Å². The Labute approximate surface area is 117 Å². The highest BCUT2D eigenvalue weighted by atomic mass is 35.5. The maximum absolute atomic E-state index is 13.8. The number of benzene rings is 2. The number of nitrogens with one attached hydrogen (secondary N) is 1. The minimum atomic E-state index is -0.498. The van der Waals surface area contributed by atoms with Crippen LogP contribution in [0.1, 0.15) is 0 Å². The van der Waals surface area contributed by atoms with Crippen molar-refractivity contribution in [3.05, 3.63) is 46.7 Å². The van der Waals surface area contributed by atoms with E-state index in [2.05, 4.69) is 10.3 Å². The molecule has 0 spiro atoms. The molecule has 0 saturated carbocycles. The van der Waals surface area contributed by atoms with Crippen LogP contribution < -0.4 is 11.1 Å². The van der Waals surface area contributed by atoms with Crippen LogP contribution in [0.5, 0.6) is 0 Å². The predicted octanol–water partition coefficient (Wildman–Crippen LogP) is 4.41. The van der Waals surface area contributed by atoms with E-state index >= 15 is 0 Å². The molecular weight excluding hydrogens is 285 g/mol. The first-order valence-corrected chi connectivity index (χ1v) is 6.75. The second kappa shape index (κ2) is 4.68. The molecule has 6 heteroatoms. The van der Waals surface area contributed by atoms with Gasteiger partial charge >= 0.3 is 0 Å². The average molecular weight is 294 g/mol. The molecule has 3 nitrogen and oxygen atoms in total. The molecule has 0 aliphatic carbocycles. The first-order chi connectivity index (χ1) is 9.16. The minimum Gasteiger partial charge on any atom is -0.395 e. The number of nitrogens with zero attached hydrogens (tertiary/aromatic N) is 1. The molecule has 0 aliphatic heterocycles. The molecule has 19 heavy (non-hydrogen) atoms. The lowest BCUT2D eigenvalue weighted by atomic mass is 10.2. The summed E-state index contributed by atoms with van der Waals surface area (Å²) in [5.74, 6) is -0.498. The van der Waals surface area contributed by atoms with E-state index < -0.39 is 5.82 Å². The fraction of sp³-hybridized carbons (Fsp3) is 0. The van der Waals surface area contributed by atoms with Gasteiger partial charge in [0.2, 0.25) is 0 Å². The summed E-state index contributed by atoms with van der Waals surface area (Å²) in [6, 6.07) is 8.47. The molecule has 0 bridgehead atoms. The van der Waals surface area contributed by atoms with Crippen molar-refractivity contribution < 1.29 is 4.39 Å². The zero-order valence-electron chi connectivity index (χ0n) is 9.65. The Hall–Kier alpha value is -1.85. The van der Waals surface area contributed by atoms with Gasteiger partial charge in [-0.3, -0.25) is 0 Å². The predicted molar refractivity (Wildman–Crippen MR) is 78.7 cm³/mol. The van der Waals surface area contributed by atoms with Gasteiger partial charge in [0, 0.05) is 0 Å². The fourth-order valence-corrected chi connectivity index (χ4v) is 2.67. The van der Waals surface area contributed by atoms with Crippen molar-refractivity contribution in [3.63, 3.8) is 0 Å². The van der Waals surface area contributed by atoms with E-state index in [0.29, 0.717) is 11.4 Å². The smallest absolute Gasteiger partial charge is 0.165 e. The van der Waals surface area contributed by atoms with Gasteiger partial charge < -0.3 is 11.1 Å². The van der Waals surface area contributed by atoms with Crippen molar-refractivity contribution in [3.8, 4) is 0 Å². The summed E-state index contributed by atoms with van der Waals surface area (Å²) < 4.78 is 14.8. The van der Waals surface area contributed by atoms with Crippen molar-refractivity contribution in [2.24, 2.45) is 0 Å². The Morgan fingerprint density at radius 2 is 2.05 bits per heavy atom. The molecule has 0 aliphatic rings. The molecular formula is C13H9ClFN3S. The fourth-order valence-electron chi connectivity index (χ4n) is 1.81. The molecule has 0 fully saturated rings. The van der Waals surface area contributed by atoms with Gasteiger partial charge in [-0.05, 0) is 24.3 Å². The second-order valence-electron chi connectivity index (χ2n) is 3.95. The molecule has 96 valence electrons. The SMILES string of the molecule is Nc1c(Nc2cccc(Cl)c2F)ccc2scnc12. The summed E-state index contributed by atoms with van der Waals surface area (Å²) in [7, 11) is 0. The van der Waals surface area contributed by atoms with Crippen molar-refractivity contribution in [2.75, 3.05) is 11.1 Å². The van der Waals surface area contributed by atoms with Gasteiger partial charge in [0.15, 0.2) is 5.82 Å². The van der Waals surface area contributed by atoms with Crippen LogP contribution in [0.2, 0.25) is 5.02 Å². The lowest BCUT2D eigenvalue weighted by Crippen LogP contribution is -1.99. The van der Waals surface area contributed by atoms with Gasteiger partial charge in [-0.2, -0.15) is 0 Å². The molecule has 2 aromatic carbocycles. The van der Waals surface area contributed by atoms with Crippen LogP contribution in [0.4, 0.5) is 21.5 Å². The molecule has 1 aromatic heterocycles. The summed E-state index contributed by atoms with van der Waals surface area (Å²) >= 11 is 7.25. The summed E-state index contributed by atoms with van der Waals surface area (Å²) in [5, 5.41) is 3.01. The Morgan fingerprint density at radius 1 is 1.21 bits per heavy atom. The number of rotatable bonds is 2. The zero-order valence-corrected chi connectivity index (χ0v) is 11.2. The summed E-state index contributed by atoms with van der Waals surface area (Å²) in [5.41, 5.74) is 9.87. The standard InChI is InChI=1S/C13H9ClFN3S/c14-7-2-1-3-8(11(7)15)18-9-4-5-10-13(12(9)16)17-6-19-10/h1-6,18H,16H2. The lowest BCUT2D eigenvalue weighted by molar-refractivity contribution is 0.632. The number of thiazole rings is 1. The first kappa shape index (κ1) is 12.2. The summed E-state index contributed by atoms with van der Waals surface area (Å²) in [6.07, 6.45) is 0. The number of anilines is 3. The van der Waals surface area contributed by atoms with Gasteiger partial charge in [-0.1, -0.05) is 17.7 Å². The lowest BCUT2D eigenvalue weighted by Gasteiger charge is -2.11. The second-order valence-corrected chi connectivity index (χ2v) is 5.25. The quantitative estimate of drug-likeness (QED) is 0.688. The highest BCUT2D eigenvalue weighted by Crippen LogP contribution is 2.33. The number of aromatic nitrogens is 1. The van der Waals surface area contributed by atoms with Crippen LogP contribution in [0.15, 0.2) is 35.8 Å². The van der Waals surface area contributed by atoms with E-state index in [4.69, 9.17) is 17.3 Å². The average Bonchev–Trinajstić information content (AvgIpc) is 2.87. The minimum absolute atomic E-state index is 0.0679. The van der Waals surface area contributed by atoms with Crippen LogP contribution in [-0.2, 0) is 0 Å². The van der Waals surface area contributed by atoms with E-state index in [1.54, 1.807) is 23.7 Å². The summed E-state index contributed by atoms with van der Waals surface area (Å²) in [6.45, 7) is 0. The molecule has 0 atom stereocenters. The highest BCUT2D eigenvalue weighted by molar-refractivity contribution is 7.16. The maximum atomic E-state index is 13.8. The zero-order chi connectivity index (χ0) is 13.4. The Morgan fingerprint density at radius 3 is 2.89 bits per heavy atom. The number of fused-ring (bicyclic) bond motifs is 1. The Balaban J connectivity index is 2.05. The third-order valence-electron chi connectivity index (χ3n) is 2.76. The molecule has 3 rings (SSSR count). The molecule has 1 heterocycles. The van der Waals surface area contributed by atoms with Crippen LogP contribution in [0.25, 0.3) is 10.2 Å². The van der Waals surface area contributed by atoms with Crippen molar-refractivity contribution >= 4 is 50.2 Å². The van der Waals surface area contributed by atoms with E-state index in [-0.39, 0.29) is 10.7 Å². The van der Waals surface area contributed by atoms with Crippen molar-refractivity contribution in [2.45, 2.75) is 0 Å². The third kappa shape index (κ3) is 2.11. The van der Waals surface area contributed by atoms with Crippen LogP contribution >= 0.6 is 22.9 Å². The van der Waals surface area contributed by atoms with Gasteiger partial charge in [0.1, 0.15) is 5.52 Å². The normalized spacial score (nSPS) is 10.8. The van der Waals surface area contributed by atoms with E-state index in [1.165, 1.54) is 17.4 Å². The van der Waals surface area contributed by atoms with Gasteiger partial charge in [-0.25, -0.2) is 9.37 Å². The Bertz CT molecular complexity index is 757. The van der Waals surface area contributed by atoms with Crippen LogP contribution in [0.3, 0.4) is 0 Å². The highest BCUT2D eigenvalue weighted by Gasteiger charge is 2.10. The monoisotopic (exact) mass is 293 g/mol. The van der Waals surface area contributed by atoms with Crippen LogP contribution in [0, 0.1) is 5.82 Å². The molecule has 3 N–H and O–H groups in total. The first-order valence-electron chi connectivity index (χ1n) is 5.49. The summed E-state index contributed by atoms with van der Waals surface area (Å²) in [4.78, 5) is 4.19. The van der Waals surface area contributed by atoms with Gasteiger partial charge in [0.25, 0.3) is 0 Å². The third-order valence-corrected chi connectivity index (χ3v) is 3.85. The van der Waals surface area contributed by atoms with E-state index in [0.717, 1.165) is 10.2 Å². The van der Waals surface area contributed by atoms with Crippen molar-refractivity contribution in [1.82, 2.24) is 4.98 Å². The molecule has 0 amide bonds. The molecule has 0 radical (unpaired) electrons.